The number of carbonyl (C=O) groups excluding carboxylic acids is 1. The van der Waals surface area contributed by atoms with E-state index in [4.69, 9.17) is 77.6 Å². The number of fused-ring (bicyclic) bond motifs is 1. The fourth-order valence-electron chi connectivity index (χ4n) is 11.2. The van der Waals surface area contributed by atoms with Gasteiger partial charge in [0.2, 0.25) is 0 Å². The van der Waals surface area contributed by atoms with Gasteiger partial charge in [0.1, 0.15) is 45.1 Å². The molecule has 700 valence electrons. The van der Waals surface area contributed by atoms with E-state index in [1.807, 2.05) is 122 Å². The zero-order valence-corrected chi connectivity index (χ0v) is 90.2. The van der Waals surface area contributed by atoms with Gasteiger partial charge in [-0.1, -0.05) is 171 Å². The molecule has 0 saturated carbocycles. The number of alkyl halides is 1. The summed E-state index contributed by atoms with van der Waals surface area (Å²) in [6.07, 6.45) is 19.3. The second-order valence-corrected chi connectivity index (χ2v) is 39.9. The number of imidazole rings is 3. The molecule has 0 aliphatic heterocycles. The van der Waals surface area contributed by atoms with Gasteiger partial charge in [-0.05, 0) is 242 Å². The molecular formula is C98H118BBr3Cl3IN19NaO7. The number of aromatic nitrogens is 15. The number of ether oxygens (including phenoxy) is 1. The minimum Gasteiger partial charge on any atom is -1.00 e. The Kier molecular flexibility index (Phi) is 47.4. The van der Waals surface area contributed by atoms with Crippen molar-refractivity contribution in [3.63, 3.8) is 0 Å². The molecular weight excluding hydrogens is 2060 g/mol. The fourth-order valence-corrected chi connectivity index (χ4v) is 14.0. The number of methoxy groups -OCH3 is 1. The largest absolute Gasteiger partial charge is 1.00 e. The number of hydrogen-bond acceptors (Lipinski definition) is 21. The van der Waals surface area contributed by atoms with Gasteiger partial charge in [0, 0.05) is 139 Å². The monoisotopic (exact) mass is 2180 g/mol. The Hall–Kier alpha value is -9.85. The first-order chi connectivity index (χ1) is 61.8. The molecule has 13 aromatic heterocycles. The van der Waals surface area contributed by atoms with Gasteiger partial charge < -0.3 is 63.8 Å². The number of benzene rings is 2. The zero-order chi connectivity index (χ0) is 98.8. The molecule has 15 rings (SSSR count). The van der Waals surface area contributed by atoms with E-state index in [0.29, 0.717) is 60.7 Å². The summed E-state index contributed by atoms with van der Waals surface area (Å²) in [5, 5.41) is 25.7. The van der Waals surface area contributed by atoms with Gasteiger partial charge in [0.15, 0.2) is 10.9 Å². The molecule has 26 nitrogen and oxygen atoms in total. The molecule has 35 heteroatoms. The molecule has 0 amide bonds. The second kappa shape index (κ2) is 54.6. The smallest absolute Gasteiger partial charge is 1.00 e. The van der Waals surface area contributed by atoms with Crippen LogP contribution in [0.1, 0.15) is 158 Å². The molecule has 13 heterocycles. The molecule has 0 bridgehead atoms. The van der Waals surface area contributed by atoms with Crippen molar-refractivity contribution in [2.24, 2.45) is 0 Å². The number of aromatic amines is 3. The van der Waals surface area contributed by atoms with E-state index in [0.717, 1.165) is 84.1 Å². The predicted molar refractivity (Wildman–Crippen MR) is 562 cm³/mol. The molecule has 0 radical (unpaired) electrons. The topological polar surface area (TPSA) is 411 Å². The normalized spacial score (nSPS) is 10.9. The van der Waals surface area contributed by atoms with Crippen LogP contribution < -0.4 is 73.7 Å². The van der Waals surface area contributed by atoms with Crippen molar-refractivity contribution in [3.8, 4) is 57.0 Å². The number of pyridine rings is 10. The van der Waals surface area contributed by atoms with Gasteiger partial charge in [-0.15, -0.1) is 11.6 Å². The summed E-state index contributed by atoms with van der Waals surface area (Å²) in [5.41, 5.74) is 38.8. The Labute approximate surface area is 857 Å². The third kappa shape index (κ3) is 40.7. The number of aliphatic hydroxyl groups excluding tert-OH is 1. The Morgan fingerprint density at radius 3 is 1.39 bits per heavy atom. The zero-order valence-electron chi connectivity index (χ0n) is 80.0. The molecule has 0 aliphatic rings. The average Bonchev–Trinajstić information content (AvgIpc) is 1.61. The van der Waals surface area contributed by atoms with Crippen LogP contribution in [0, 0.1) is 17.4 Å². The van der Waals surface area contributed by atoms with Crippen molar-refractivity contribution in [2.75, 3.05) is 37.2 Å². The Morgan fingerprint density at radius 2 is 0.977 bits per heavy atom. The van der Waals surface area contributed by atoms with Gasteiger partial charge in [-0.3, -0.25) is 43.7 Å². The molecule has 133 heavy (non-hydrogen) atoms. The Morgan fingerprint density at radius 1 is 0.526 bits per heavy atom. The number of rotatable bonds is 8. The van der Waals surface area contributed by atoms with Crippen molar-refractivity contribution < 1.29 is 55.7 Å². The standard InChI is InChI=1S/C18H21N3O.C15H19N3O.C14H16ClN3.C14H17N3O.C9H14BNO2.C9H7BrN2.C6H4BrI.C5H4BrClN2.C4H7ClO.C3H4N2.CH4O.Na.H/c1-11-12(2)21-16(9-14(22)10-17(21)20-11)15-8-13(6-7-19-15)18(3,4)5;1-15(2,3)10-5-6-17-12(7-10)13-8-11(19-4)9-14(16)18-13;1-14(2,3)9-4-5-17-11(6-9)12-7-10(15)8-13(16)18-12;1-14(2,3)9-4-5-16-11(6-9)12-7-10(18)8-13(15)17-12;1-9(2,3)7-4-5-11-8(6-7)10(12)13;10-8-2-1-3-9(6-8)12-5-4-11-7-12;7-5-2-1-3-6(8)4-5;6-4-1-3(7)2-5(8)9-4;1-3(5)4(2)6;1-2-5-3-4-1;1-2;;/h6-10,20H,1-5H3;5-9H,1-4H3,(H2,16,18);4-8H,1-3H3,(H2,16,18);4-8H,1-3H3,(H3,15,17,18);4-6,12-13H,1-3H3;1-7H;1-4H;1-2H,(H2,8,9);3H,1-2H3;1-3H,(H,4,5);2H,1H3;;/q;;;;;;;;;;;+1;-1. The minimum absolute atomic E-state index is 0. The van der Waals surface area contributed by atoms with E-state index in [2.05, 4.69) is 262 Å². The number of nitrogens with one attached hydrogen (secondary N) is 3. The van der Waals surface area contributed by atoms with E-state index < -0.39 is 7.12 Å². The second-order valence-electron chi connectivity index (χ2n) is 34.5. The number of carbonyl (C=O) groups is 1. The molecule has 1 unspecified atom stereocenters. The van der Waals surface area contributed by atoms with Crippen LogP contribution in [0.5, 0.6) is 5.75 Å². The number of halogens is 7. The van der Waals surface area contributed by atoms with Gasteiger partial charge in [-0.2, -0.15) is 0 Å². The number of aryl methyl sites for hydroxylation is 2. The molecule has 14 N–H and O–H groups in total. The number of Topliss-reactive ketones (excluding diaryl/α,β-unsaturated/α-hetero) is 1. The van der Waals surface area contributed by atoms with Crippen LogP contribution in [-0.2, 0) is 31.9 Å². The van der Waals surface area contributed by atoms with Gasteiger partial charge in [-0.25, -0.2) is 24.9 Å². The molecule has 2 aromatic carbocycles. The average molecular weight is 2180 g/mol. The van der Waals surface area contributed by atoms with E-state index >= 15 is 0 Å². The summed E-state index contributed by atoms with van der Waals surface area (Å²) in [6, 6.07) is 52.3. The van der Waals surface area contributed by atoms with Crippen LogP contribution in [0.4, 0.5) is 23.3 Å². The number of anilines is 4. The third-order valence-electron chi connectivity index (χ3n) is 18.6. The van der Waals surface area contributed by atoms with E-state index in [-0.39, 0.29) is 80.1 Å². The van der Waals surface area contributed by atoms with Crippen LogP contribution in [0.25, 0.3) is 56.9 Å². The van der Waals surface area contributed by atoms with E-state index in [1.165, 1.54) is 39.3 Å². The summed E-state index contributed by atoms with van der Waals surface area (Å²) in [7, 11) is 1.12. The fraction of sp³-hybridized carbons (Fsp3) is 0.276. The molecule has 15 aromatic rings. The van der Waals surface area contributed by atoms with Crippen molar-refractivity contribution in [1.29, 1.82) is 0 Å². The SMILES string of the molecule is Brc1cccc(-n2ccnc2)c1.Brc1cccc(I)c1.CC(=O)C(C)Cl.CC(C)(C)c1ccnc(-c2cc(=O)cc(N)[nH]2)c1.CC(C)(C)c1ccnc(-c2cc(Cl)cc(N)n2)c1.CC(C)(C)c1ccnc(B(O)O)c1.CO.COc1cc(N)nc(-c2cc(C(C)(C)C)ccn2)c1.Cc1[nH]c2cc(=O)cc(-c3cc(C(C)(C)C)ccn3)n2c1C.Nc1cc(Cl)cc(Br)n1.[H-].[Na+].c1c[nH]cn1. The first-order valence-electron chi connectivity index (χ1n) is 41.2. The minimum atomic E-state index is -1.48. The summed E-state index contributed by atoms with van der Waals surface area (Å²) in [4.78, 5) is 83.8. The van der Waals surface area contributed by atoms with Crippen molar-refractivity contribution in [1.82, 2.24) is 73.8 Å². The molecule has 0 fully saturated rings. The van der Waals surface area contributed by atoms with Gasteiger partial charge in [0.05, 0.1) is 76.3 Å². The molecule has 1 atom stereocenters. The number of nitrogens with zero attached hydrogens (tertiary/aromatic N) is 12. The van der Waals surface area contributed by atoms with Crippen molar-refractivity contribution in [3.05, 3.63) is 325 Å². The Balaban J connectivity index is 0.000000391. The summed E-state index contributed by atoms with van der Waals surface area (Å²) in [5.74, 6) is 2.31. The number of H-pyrrole nitrogens is 3. The van der Waals surface area contributed by atoms with E-state index in [9.17, 15) is 14.4 Å². The maximum atomic E-state index is 12.0. The first-order valence-corrected chi connectivity index (χ1v) is 45.9. The summed E-state index contributed by atoms with van der Waals surface area (Å²) >= 11 is 29.0. The first kappa shape index (κ1) is 115. The number of hydrogen-bond donors (Lipinski definition) is 10. The summed E-state index contributed by atoms with van der Waals surface area (Å²) in [6.45, 7) is 39.3. The van der Waals surface area contributed by atoms with Crippen LogP contribution in [0.3, 0.4) is 0 Å². The van der Waals surface area contributed by atoms with Gasteiger partial charge in [0.25, 0.3) is 0 Å². The maximum Gasteiger partial charge on any atom is 1.00 e. The Bertz CT molecular complexity index is 6190. The van der Waals surface area contributed by atoms with Crippen LogP contribution in [-0.4, -0.2) is 121 Å². The predicted octanol–water partition coefficient (Wildman–Crippen LogP) is 18.8. The molecule has 0 aliphatic carbocycles. The van der Waals surface area contributed by atoms with Crippen LogP contribution >= 0.6 is 105 Å². The molecule has 0 spiro atoms. The number of nitrogen functional groups attached to an aromatic ring is 4. The van der Waals surface area contributed by atoms with Gasteiger partial charge >= 0.3 is 36.7 Å². The van der Waals surface area contributed by atoms with E-state index in [1.54, 1.807) is 119 Å². The quantitative estimate of drug-likeness (QED) is 0.0292. The van der Waals surface area contributed by atoms with Crippen LogP contribution in [0.2, 0.25) is 10.0 Å². The van der Waals surface area contributed by atoms with Crippen molar-refractivity contribution >= 4 is 153 Å². The number of ketones is 1. The maximum absolute atomic E-state index is 12.0. The third-order valence-corrected chi connectivity index (χ3v) is 21.4. The number of aliphatic hydroxyl groups is 1. The molecule has 0 saturated heterocycles. The van der Waals surface area contributed by atoms with Crippen molar-refractivity contribution in [2.45, 2.75) is 164 Å². The van der Waals surface area contributed by atoms with Crippen LogP contribution in [0.15, 0.2) is 261 Å². The summed E-state index contributed by atoms with van der Waals surface area (Å²) < 4.78 is 13.4. The number of nitrogens with two attached hydrogens (primary N) is 4.